The van der Waals surface area contributed by atoms with Gasteiger partial charge < -0.3 is 10.6 Å². The van der Waals surface area contributed by atoms with Gasteiger partial charge >= 0.3 is 0 Å². The fourth-order valence-corrected chi connectivity index (χ4v) is 4.96. The van der Waals surface area contributed by atoms with Crippen molar-refractivity contribution in [2.24, 2.45) is 5.92 Å². The molecule has 4 atom stereocenters. The number of amides is 4. The molecule has 1 aromatic carbocycles. The number of benzene rings is 1. The quantitative estimate of drug-likeness (QED) is 0.629. The van der Waals surface area contributed by atoms with Crippen LogP contribution in [0.4, 0.5) is 0 Å². The van der Waals surface area contributed by atoms with Crippen molar-refractivity contribution in [2.75, 3.05) is 6.54 Å². The van der Waals surface area contributed by atoms with E-state index in [1.165, 1.54) is 6.42 Å². The fourth-order valence-electron chi connectivity index (χ4n) is 4.96. The Morgan fingerprint density at radius 2 is 1.89 bits per heavy atom. The van der Waals surface area contributed by atoms with E-state index in [1.807, 2.05) is 6.07 Å². The van der Waals surface area contributed by atoms with Gasteiger partial charge in [0.25, 0.3) is 11.8 Å². The SMILES string of the molecule is O=C1CCC(N2C(=O)c3ccc(CNC4CC5CC4CN5)cc3C2=O)C(=O)N1. The van der Waals surface area contributed by atoms with Crippen LogP contribution in [0.15, 0.2) is 18.2 Å². The Hall–Kier alpha value is -2.58. The van der Waals surface area contributed by atoms with Crippen LogP contribution >= 0.6 is 0 Å². The van der Waals surface area contributed by atoms with Crippen molar-refractivity contribution in [3.8, 4) is 0 Å². The van der Waals surface area contributed by atoms with Gasteiger partial charge in [-0.2, -0.15) is 0 Å². The average molecular weight is 382 g/mol. The van der Waals surface area contributed by atoms with Crippen molar-refractivity contribution < 1.29 is 19.2 Å². The summed E-state index contributed by atoms with van der Waals surface area (Å²) in [5.41, 5.74) is 1.60. The lowest BCUT2D eigenvalue weighted by atomic mass is 10.0. The number of imide groups is 2. The molecule has 4 aliphatic rings. The predicted molar refractivity (Wildman–Crippen MR) is 98.3 cm³/mol. The average Bonchev–Trinajstić information content (AvgIpc) is 3.36. The molecule has 0 aromatic heterocycles. The molecule has 146 valence electrons. The van der Waals surface area contributed by atoms with Crippen LogP contribution in [0.3, 0.4) is 0 Å². The van der Waals surface area contributed by atoms with Gasteiger partial charge in [-0.1, -0.05) is 6.07 Å². The Kier molecular flexibility index (Phi) is 4.06. The Labute approximate surface area is 162 Å². The van der Waals surface area contributed by atoms with Gasteiger partial charge in [-0.05, 0) is 49.4 Å². The second kappa shape index (κ2) is 6.49. The summed E-state index contributed by atoms with van der Waals surface area (Å²) >= 11 is 0. The molecular weight excluding hydrogens is 360 g/mol. The van der Waals surface area contributed by atoms with Crippen LogP contribution < -0.4 is 16.0 Å². The Bertz CT molecular complexity index is 898. The van der Waals surface area contributed by atoms with Gasteiger partial charge in [0.2, 0.25) is 11.8 Å². The number of nitrogens with one attached hydrogen (secondary N) is 3. The zero-order chi connectivity index (χ0) is 19.4. The third-order valence-electron chi connectivity index (χ3n) is 6.44. The highest BCUT2D eigenvalue weighted by Crippen LogP contribution is 2.32. The lowest BCUT2D eigenvalue weighted by molar-refractivity contribution is -0.136. The maximum absolute atomic E-state index is 12.9. The lowest BCUT2D eigenvalue weighted by Gasteiger charge is -2.27. The molecular formula is C20H22N4O4. The van der Waals surface area contributed by atoms with Crippen molar-refractivity contribution in [3.05, 3.63) is 34.9 Å². The first-order valence-electron chi connectivity index (χ1n) is 9.82. The molecule has 1 saturated carbocycles. The van der Waals surface area contributed by atoms with E-state index in [0.717, 1.165) is 23.4 Å². The summed E-state index contributed by atoms with van der Waals surface area (Å²) in [5, 5.41) is 9.28. The first-order chi connectivity index (χ1) is 13.5. The third-order valence-corrected chi connectivity index (χ3v) is 6.44. The molecule has 0 spiro atoms. The van der Waals surface area contributed by atoms with Crippen molar-refractivity contribution in [1.29, 1.82) is 0 Å². The molecule has 3 N–H and O–H groups in total. The van der Waals surface area contributed by atoms with Crippen LogP contribution in [0.2, 0.25) is 0 Å². The van der Waals surface area contributed by atoms with E-state index in [-0.39, 0.29) is 18.7 Å². The highest BCUT2D eigenvalue weighted by molar-refractivity contribution is 6.23. The summed E-state index contributed by atoms with van der Waals surface area (Å²) in [6.45, 7) is 1.70. The number of nitrogens with zero attached hydrogens (tertiary/aromatic N) is 1. The summed E-state index contributed by atoms with van der Waals surface area (Å²) in [7, 11) is 0. The zero-order valence-corrected chi connectivity index (χ0v) is 15.4. The highest BCUT2D eigenvalue weighted by atomic mass is 16.2. The molecule has 4 amide bonds. The lowest BCUT2D eigenvalue weighted by Crippen LogP contribution is -2.54. The van der Waals surface area contributed by atoms with Crippen LogP contribution in [0.5, 0.6) is 0 Å². The Balaban J connectivity index is 1.31. The minimum absolute atomic E-state index is 0.122. The summed E-state index contributed by atoms with van der Waals surface area (Å²) in [5.74, 6) is -1.22. The van der Waals surface area contributed by atoms with Crippen molar-refractivity contribution in [3.63, 3.8) is 0 Å². The molecule has 28 heavy (non-hydrogen) atoms. The van der Waals surface area contributed by atoms with Crippen LogP contribution in [0.1, 0.15) is 52.0 Å². The monoisotopic (exact) mass is 382 g/mol. The van der Waals surface area contributed by atoms with Gasteiger partial charge in [-0.15, -0.1) is 0 Å². The number of hydrogen-bond acceptors (Lipinski definition) is 6. The Morgan fingerprint density at radius 3 is 2.61 bits per heavy atom. The molecule has 3 heterocycles. The van der Waals surface area contributed by atoms with Crippen LogP contribution in [-0.4, -0.2) is 53.2 Å². The molecule has 8 heteroatoms. The third kappa shape index (κ3) is 2.75. The topological polar surface area (TPSA) is 108 Å². The van der Waals surface area contributed by atoms with E-state index in [4.69, 9.17) is 0 Å². The van der Waals surface area contributed by atoms with E-state index in [1.54, 1.807) is 12.1 Å². The van der Waals surface area contributed by atoms with E-state index >= 15 is 0 Å². The van der Waals surface area contributed by atoms with E-state index in [0.29, 0.717) is 35.7 Å². The minimum Gasteiger partial charge on any atom is -0.314 e. The normalized spacial score (nSPS) is 31.5. The number of rotatable bonds is 4. The summed E-state index contributed by atoms with van der Waals surface area (Å²) in [4.78, 5) is 50.1. The number of carbonyl (C=O) groups is 4. The molecule has 2 saturated heterocycles. The van der Waals surface area contributed by atoms with Crippen molar-refractivity contribution in [1.82, 2.24) is 20.9 Å². The largest absolute Gasteiger partial charge is 0.314 e. The fraction of sp³-hybridized carbons (Fsp3) is 0.500. The summed E-state index contributed by atoms with van der Waals surface area (Å²) in [6.07, 6.45) is 2.63. The molecule has 1 aliphatic carbocycles. The number of piperidine rings is 2. The molecule has 1 aromatic rings. The maximum Gasteiger partial charge on any atom is 0.262 e. The zero-order valence-electron chi connectivity index (χ0n) is 15.4. The summed E-state index contributed by atoms with van der Waals surface area (Å²) < 4.78 is 0. The summed E-state index contributed by atoms with van der Waals surface area (Å²) in [6, 6.07) is 5.45. The number of carbonyl (C=O) groups excluding carboxylic acids is 4. The van der Waals surface area contributed by atoms with Crippen LogP contribution in [0, 0.1) is 5.92 Å². The van der Waals surface area contributed by atoms with E-state index < -0.39 is 23.8 Å². The predicted octanol–water partition coefficient (Wildman–Crippen LogP) is -0.0722. The highest BCUT2D eigenvalue weighted by Gasteiger charge is 2.44. The van der Waals surface area contributed by atoms with E-state index in [9.17, 15) is 19.2 Å². The minimum atomic E-state index is -0.923. The van der Waals surface area contributed by atoms with Crippen LogP contribution in [0.25, 0.3) is 0 Å². The first-order valence-corrected chi connectivity index (χ1v) is 9.82. The molecule has 3 fully saturated rings. The van der Waals surface area contributed by atoms with Crippen molar-refractivity contribution >= 4 is 23.6 Å². The molecule has 3 aliphatic heterocycles. The number of hydrogen-bond donors (Lipinski definition) is 3. The van der Waals surface area contributed by atoms with E-state index in [2.05, 4.69) is 16.0 Å². The smallest absolute Gasteiger partial charge is 0.262 e. The molecule has 8 nitrogen and oxygen atoms in total. The van der Waals surface area contributed by atoms with Gasteiger partial charge in [-0.3, -0.25) is 29.4 Å². The van der Waals surface area contributed by atoms with Gasteiger partial charge in [0, 0.05) is 25.0 Å². The molecule has 0 radical (unpaired) electrons. The standard InChI is InChI=1S/C20H22N4O4/c25-17-4-3-16(18(26)23-17)24-19(27)13-2-1-10(5-14(13)20(24)28)8-22-15-7-12-6-11(15)9-21-12/h1-2,5,11-12,15-16,21-22H,3-4,6-9H2,(H,23,25,26). The van der Waals surface area contributed by atoms with Gasteiger partial charge in [0.1, 0.15) is 6.04 Å². The molecule has 5 rings (SSSR count). The molecule has 4 unspecified atom stereocenters. The van der Waals surface area contributed by atoms with Gasteiger partial charge in [0.05, 0.1) is 11.1 Å². The maximum atomic E-state index is 12.9. The van der Waals surface area contributed by atoms with Gasteiger partial charge in [0.15, 0.2) is 0 Å². The van der Waals surface area contributed by atoms with Crippen LogP contribution in [-0.2, 0) is 16.1 Å². The first kappa shape index (κ1) is 17.5. The molecule has 2 bridgehead atoms. The van der Waals surface area contributed by atoms with Gasteiger partial charge in [-0.25, -0.2) is 0 Å². The van der Waals surface area contributed by atoms with Crippen molar-refractivity contribution in [2.45, 2.75) is 50.4 Å². The Morgan fingerprint density at radius 1 is 1.07 bits per heavy atom. The second-order valence-electron chi connectivity index (χ2n) is 8.15. The number of fused-ring (bicyclic) bond motifs is 3. The second-order valence-corrected chi connectivity index (χ2v) is 8.15.